The molecule has 0 amide bonds. The van der Waals surface area contributed by atoms with Gasteiger partial charge in [0, 0.05) is 35.3 Å². The molecule has 182 valence electrons. The van der Waals surface area contributed by atoms with Crippen LogP contribution in [0.1, 0.15) is 85.8 Å². The fourth-order valence-electron chi connectivity index (χ4n) is 6.70. The van der Waals surface area contributed by atoms with Crippen LogP contribution in [0.25, 0.3) is 0 Å². The summed E-state index contributed by atoms with van der Waals surface area (Å²) in [5.74, 6) is 0.283. The van der Waals surface area contributed by atoms with E-state index in [9.17, 15) is 4.79 Å². The lowest BCUT2D eigenvalue weighted by Crippen LogP contribution is -2.54. The third kappa shape index (κ3) is 4.42. The molecule has 2 aromatic rings. The number of hydrogen-bond donors (Lipinski definition) is 0. The summed E-state index contributed by atoms with van der Waals surface area (Å²) < 4.78 is 5.68. The number of carbonyl (C=O) groups excluding carboxylic acids is 1. The van der Waals surface area contributed by atoms with Crippen LogP contribution in [-0.2, 0) is 4.74 Å². The van der Waals surface area contributed by atoms with Gasteiger partial charge in [0.05, 0.1) is 12.7 Å². The first-order valence-electron chi connectivity index (χ1n) is 12.9. The van der Waals surface area contributed by atoms with E-state index in [1.807, 2.05) is 6.07 Å². The van der Waals surface area contributed by atoms with E-state index in [0.717, 1.165) is 23.6 Å². The molecule has 3 aliphatic rings. The van der Waals surface area contributed by atoms with Gasteiger partial charge in [0.25, 0.3) is 0 Å². The van der Waals surface area contributed by atoms with E-state index in [1.165, 1.54) is 63.4 Å². The van der Waals surface area contributed by atoms with Gasteiger partial charge in [-0.3, -0.25) is 4.90 Å². The van der Waals surface area contributed by atoms with Gasteiger partial charge in [0.2, 0.25) is 0 Å². The first-order valence-corrected chi connectivity index (χ1v) is 13.7. The predicted molar refractivity (Wildman–Crippen MR) is 142 cm³/mol. The fourth-order valence-corrected chi connectivity index (χ4v) is 7.23. The number of benzene rings is 2. The molecule has 1 aliphatic carbocycles. The van der Waals surface area contributed by atoms with Gasteiger partial charge in [-0.05, 0) is 102 Å². The number of hydrogen-bond acceptors (Lipinski definition) is 4. The van der Waals surface area contributed by atoms with Crippen LogP contribution < -0.4 is 4.90 Å². The zero-order valence-corrected chi connectivity index (χ0v) is 22.3. The molecule has 34 heavy (non-hydrogen) atoms. The van der Waals surface area contributed by atoms with Crippen LogP contribution >= 0.6 is 15.9 Å². The SMILES string of the molecule is COC(=O)c1ccc(N2CCC3(CC2)CC(N2CCC[C@H]2c2ccccc2C(C)C)C3)cc1Br. The van der Waals surface area contributed by atoms with E-state index >= 15 is 0 Å². The molecule has 1 atom stereocenters. The maximum Gasteiger partial charge on any atom is 0.339 e. The molecule has 0 unspecified atom stereocenters. The Kier molecular flexibility index (Phi) is 6.78. The summed E-state index contributed by atoms with van der Waals surface area (Å²) in [5, 5.41) is 0. The van der Waals surface area contributed by atoms with Crippen LogP contribution in [0.3, 0.4) is 0 Å². The van der Waals surface area contributed by atoms with Gasteiger partial charge >= 0.3 is 5.97 Å². The van der Waals surface area contributed by atoms with Crippen LogP contribution in [-0.4, -0.2) is 43.7 Å². The van der Waals surface area contributed by atoms with Gasteiger partial charge in [-0.15, -0.1) is 0 Å². The third-order valence-corrected chi connectivity index (χ3v) is 9.28. The number of rotatable bonds is 5. The molecule has 2 heterocycles. The third-order valence-electron chi connectivity index (χ3n) is 8.62. The number of esters is 1. The van der Waals surface area contributed by atoms with Crippen molar-refractivity contribution in [3.05, 3.63) is 63.6 Å². The van der Waals surface area contributed by atoms with Crippen LogP contribution in [0.15, 0.2) is 46.9 Å². The van der Waals surface area contributed by atoms with Gasteiger partial charge < -0.3 is 9.64 Å². The van der Waals surface area contributed by atoms with Crippen molar-refractivity contribution in [2.24, 2.45) is 5.41 Å². The Morgan fingerprint density at radius 1 is 1.09 bits per heavy atom. The van der Waals surface area contributed by atoms with Gasteiger partial charge in [-0.2, -0.15) is 0 Å². The summed E-state index contributed by atoms with van der Waals surface area (Å²) >= 11 is 3.55. The monoisotopic (exact) mass is 524 g/mol. The van der Waals surface area contributed by atoms with Crippen molar-refractivity contribution < 1.29 is 9.53 Å². The predicted octanol–water partition coefficient (Wildman–Crippen LogP) is 6.95. The highest BCUT2D eigenvalue weighted by molar-refractivity contribution is 9.10. The number of piperidine rings is 1. The van der Waals surface area contributed by atoms with Crippen LogP contribution in [0.5, 0.6) is 0 Å². The molecule has 1 saturated carbocycles. The number of halogens is 1. The second kappa shape index (κ2) is 9.66. The Balaban J connectivity index is 1.21. The average molecular weight is 526 g/mol. The van der Waals surface area contributed by atoms with E-state index in [0.29, 0.717) is 22.9 Å². The smallest absolute Gasteiger partial charge is 0.339 e. The minimum atomic E-state index is -0.298. The summed E-state index contributed by atoms with van der Waals surface area (Å²) in [6.45, 7) is 8.09. The number of likely N-dealkylation sites (tertiary alicyclic amines) is 1. The summed E-state index contributed by atoms with van der Waals surface area (Å²) in [6.07, 6.45) is 7.86. The van der Waals surface area contributed by atoms with Crippen molar-refractivity contribution in [3.8, 4) is 0 Å². The first-order chi connectivity index (χ1) is 16.4. The number of anilines is 1. The zero-order valence-electron chi connectivity index (χ0n) is 20.7. The Morgan fingerprint density at radius 2 is 1.82 bits per heavy atom. The van der Waals surface area contributed by atoms with Gasteiger partial charge in [0.15, 0.2) is 0 Å². The Bertz CT molecular complexity index is 1040. The minimum Gasteiger partial charge on any atom is -0.465 e. The summed E-state index contributed by atoms with van der Waals surface area (Å²) in [4.78, 5) is 17.2. The average Bonchev–Trinajstić information content (AvgIpc) is 3.31. The van der Waals surface area contributed by atoms with Crippen molar-refractivity contribution in [1.82, 2.24) is 4.90 Å². The summed E-state index contributed by atoms with van der Waals surface area (Å²) in [5.41, 5.74) is 5.41. The number of nitrogens with zero attached hydrogens (tertiary/aromatic N) is 2. The van der Waals surface area contributed by atoms with Crippen molar-refractivity contribution in [2.75, 3.05) is 31.6 Å². The molecule has 3 fully saturated rings. The highest BCUT2D eigenvalue weighted by Gasteiger charge is 2.49. The van der Waals surface area contributed by atoms with Crippen LogP contribution in [0.2, 0.25) is 0 Å². The lowest BCUT2D eigenvalue weighted by molar-refractivity contribution is -0.0227. The molecule has 0 radical (unpaired) electrons. The highest BCUT2D eigenvalue weighted by Crippen LogP contribution is 2.54. The maximum atomic E-state index is 11.9. The largest absolute Gasteiger partial charge is 0.465 e. The van der Waals surface area contributed by atoms with E-state index < -0.39 is 0 Å². The molecular formula is C29H37BrN2O2. The molecule has 2 aromatic carbocycles. The standard InChI is InChI=1S/C29H37BrN2O2/c1-20(2)23-7-4-5-8-24(23)27-9-6-14-32(27)22-18-29(19-22)12-15-31(16-13-29)21-10-11-25(26(30)17-21)28(33)34-3/h4-5,7-8,10-11,17,20,22,27H,6,9,12-16,18-19H2,1-3H3/t27-/m0/s1. The van der Waals surface area contributed by atoms with E-state index in [2.05, 4.69) is 76.0 Å². The van der Waals surface area contributed by atoms with Crippen molar-refractivity contribution in [2.45, 2.75) is 70.4 Å². The molecule has 5 rings (SSSR count). The topological polar surface area (TPSA) is 32.8 Å². The Labute approximate surface area is 212 Å². The summed E-state index contributed by atoms with van der Waals surface area (Å²) in [7, 11) is 1.42. The first kappa shape index (κ1) is 23.9. The maximum absolute atomic E-state index is 11.9. The van der Waals surface area contributed by atoms with E-state index in [4.69, 9.17) is 4.74 Å². The highest BCUT2D eigenvalue weighted by atomic mass is 79.9. The molecule has 2 aliphatic heterocycles. The number of carbonyl (C=O) groups is 1. The normalized spacial score (nSPS) is 22.9. The molecule has 4 nitrogen and oxygen atoms in total. The minimum absolute atomic E-state index is 0.298. The van der Waals surface area contributed by atoms with Gasteiger partial charge in [-0.1, -0.05) is 38.1 Å². The van der Waals surface area contributed by atoms with E-state index in [-0.39, 0.29) is 5.97 Å². The van der Waals surface area contributed by atoms with Crippen LogP contribution in [0, 0.1) is 5.41 Å². The number of ether oxygens (including phenoxy) is 1. The van der Waals surface area contributed by atoms with Crippen LogP contribution in [0.4, 0.5) is 5.69 Å². The summed E-state index contributed by atoms with van der Waals surface area (Å²) in [6, 6.07) is 16.5. The second-order valence-electron chi connectivity index (χ2n) is 10.9. The lowest BCUT2D eigenvalue weighted by Gasteiger charge is -2.56. The Morgan fingerprint density at radius 3 is 2.50 bits per heavy atom. The molecule has 2 saturated heterocycles. The van der Waals surface area contributed by atoms with Crippen molar-refractivity contribution in [3.63, 3.8) is 0 Å². The molecule has 5 heteroatoms. The molecule has 1 spiro atoms. The quantitative estimate of drug-likeness (QED) is 0.396. The Hall–Kier alpha value is -1.85. The fraction of sp³-hybridized carbons (Fsp3) is 0.552. The molecule has 0 aromatic heterocycles. The van der Waals surface area contributed by atoms with Crippen molar-refractivity contribution in [1.29, 1.82) is 0 Å². The van der Waals surface area contributed by atoms with Crippen molar-refractivity contribution >= 4 is 27.6 Å². The number of methoxy groups -OCH3 is 1. The molecule has 0 N–H and O–H groups in total. The molecular weight excluding hydrogens is 488 g/mol. The zero-order chi connectivity index (χ0) is 23.9. The van der Waals surface area contributed by atoms with Gasteiger partial charge in [0.1, 0.15) is 0 Å². The van der Waals surface area contributed by atoms with Gasteiger partial charge in [-0.25, -0.2) is 4.79 Å². The second-order valence-corrected chi connectivity index (χ2v) is 11.7. The molecule has 0 bridgehead atoms. The van der Waals surface area contributed by atoms with E-state index in [1.54, 1.807) is 5.56 Å². The lowest BCUT2D eigenvalue weighted by atomic mass is 9.59.